The number of aliphatic hydroxyl groups excluding tert-OH is 2. The number of ether oxygens (including phenoxy) is 1. The fourth-order valence-electron chi connectivity index (χ4n) is 3.96. The molecule has 0 saturated heterocycles. The van der Waals surface area contributed by atoms with Gasteiger partial charge < -0.3 is 30.3 Å². The van der Waals surface area contributed by atoms with Gasteiger partial charge in [0.25, 0.3) is 5.91 Å². The van der Waals surface area contributed by atoms with Gasteiger partial charge in [0.05, 0.1) is 36.7 Å². The predicted molar refractivity (Wildman–Crippen MR) is 135 cm³/mol. The third-order valence-corrected chi connectivity index (χ3v) is 5.90. The Morgan fingerprint density at radius 1 is 1.16 bits per heavy atom. The van der Waals surface area contributed by atoms with Crippen molar-refractivity contribution >= 4 is 35.2 Å². The van der Waals surface area contributed by atoms with Crippen LogP contribution in [0.2, 0.25) is 5.02 Å². The van der Waals surface area contributed by atoms with E-state index in [0.717, 1.165) is 0 Å². The van der Waals surface area contributed by atoms with E-state index in [0.29, 0.717) is 23.0 Å². The van der Waals surface area contributed by atoms with Gasteiger partial charge in [0.2, 0.25) is 5.91 Å². The quantitative estimate of drug-likeness (QED) is 0.305. The zero-order valence-electron chi connectivity index (χ0n) is 20.6. The fourth-order valence-corrected chi connectivity index (χ4v) is 4.13. The number of amides is 2. The number of carbonyl (C=O) groups excluding carboxylic acids is 2. The normalized spacial score (nSPS) is 15.9. The first-order chi connectivity index (χ1) is 17.5. The summed E-state index contributed by atoms with van der Waals surface area (Å²) >= 11 is 6.15. The molecule has 3 atom stereocenters. The number of hydrogen-bond acceptors (Lipinski definition) is 7. The number of rotatable bonds is 13. The number of benzene rings is 1. The largest absolute Gasteiger partial charge is 0.481 e. The third kappa shape index (κ3) is 8.31. The Hall–Kier alpha value is -3.41. The molecule has 200 valence electrons. The monoisotopic (exact) mass is 534 g/mol. The molecule has 1 aromatic carbocycles. The van der Waals surface area contributed by atoms with Crippen LogP contribution in [0.1, 0.15) is 33.1 Å². The summed E-state index contributed by atoms with van der Waals surface area (Å²) in [6, 6.07) is 7.66. The molecule has 2 heterocycles. The van der Waals surface area contributed by atoms with Crippen LogP contribution in [0.3, 0.4) is 0 Å². The van der Waals surface area contributed by atoms with Crippen molar-refractivity contribution in [1.82, 2.24) is 14.7 Å². The highest BCUT2D eigenvalue weighted by Crippen LogP contribution is 2.28. The van der Waals surface area contributed by atoms with Gasteiger partial charge in [-0.1, -0.05) is 37.6 Å². The second-order valence-electron chi connectivity index (χ2n) is 9.31. The van der Waals surface area contributed by atoms with E-state index in [1.54, 1.807) is 30.3 Å². The molecule has 1 aliphatic rings. The standard InChI is InChI=1S/C25H31ClN4O7/c1-15(2)9-20(30-14-18(12-23(30)33)37-21-6-4-3-5-19(21)26)25(36)27-22-7-8-29(28-22)13-17(32)10-16(31)11-24(34)35/h3-8,12,15-17,20,31-32H,9-11,13-14H2,1-2H3,(H,34,35)(H,27,28,36)/t16-,17+,20?/m1/s1. The van der Waals surface area contributed by atoms with Gasteiger partial charge in [0, 0.05) is 24.8 Å². The van der Waals surface area contributed by atoms with Crippen LogP contribution in [0.15, 0.2) is 48.4 Å². The lowest BCUT2D eigenvalue weighted by Gasteiger charge is -2.28. The number of carbonyl (C=O) groups is 3. The first kappa shape index (κ1) is 28.2. The molecule has 0 bridgehead atoms. The van der Waals surface area contributed by atoms with Gasteiger partial charge in [-0.3, -0.25) is 19.1 Å². The molecule has 1 unspecified atom stereocenters. The van der Waals surface area contributed by atoms with E-state index in [1.807, 2.05) is 13.8 Å². The van der Waals surface area contributed by atoms with E-state index in [-0.39, 0.29) is 37.2 Å². The Morgan fingerprint density at radius 3 is 2.57 bits per heavy atom. The lowest BCUT2D eigenvalue weighted by atomic mass is 10.0. The molecule has 1 aliphatic heterocycles. The molecule has 0 saturated carbocycles. The summed E-state index contributed by atoms with van der Waals surface area (Å²) in [5.41, 5.74) is 0. The van der Waals surface area contributed by atoms with Crippen LogP contribution in [0.25, 0.3) is 0 Å². The summed E-state index contributed by atoms with van der Waals surface area (Å²) < 4.78 is 7.17. The number of carboxylic acid groups (broad SMARTS) is 1. The van der Waals surface area contributed by atoms with Crippen LogP contribution in [0.4, 0.5) is 5.82 Å². The van der Waals surface area contributed by atoms with Crippen molar-refractivity contribution in [1.29, 1.82) is 0 Å². The number of hydrogen-bond donors (Lipinski definition) is 4. The number of nitrogens with one attached hydrogen (secondary N) is 1. The Labute approximate surface area is 219 Å². The number of aliphatic hydroxyl groups is 2. The molecule has 0 fully saturated rings. The van der Waals surface area contributed by atoms with Crippen molar-refractivity contribution in [3.05, 3.63) is 53.4 Å². The SMILES string of the molecule is CC(C)CC(C(=O)Nc1ccn(C[C@@H](O)C[C@@H](O)CC(=O)O)n1)N1CC(Oc2ccccc2Cl)=CC1=O. The summed E-state index contributed by atoms with van der Waals surface area (Å²) in [7, 11) is 0. The maximum Gasteiger partial charge on any atom is 0.305 e. The molecule has 2 aromatic rings. The van der Waals surface area contributed by atoms with E-state index in [2.05, 4.69) is 10.4 Å². The van der Waals surface area contributed by atoms with Crippen molar-refractivity contribution in [2.24, 2.45) is 5.92 Å². The molecule has 0 radical (unpaired) electrons. The van der Waals surface area contributed by atoms with Crippen molar-refractivity contribution in [3.8, 4) is 5.75 Å². The lowest BCUT2D eigenvalue weighted by molar-refractivity contribution is -0.139. The van der Waals surface area contributed by atoms with E-state index < -0.39 is 36.5 Å². The van der Waals surface area contributed by atoms with Crippen LogP contribution in [-0.4, -0.2) is 72.6 Å². The molecule has 11 nitrogen and oxygen atoms in total. The maximum atomic E-state index is 13.2. The van der Waals surface area contributed by atoms with Crippen LogP contribution < -0.4 is 10.1 Å². The first-order valence-electron chi connectivity index (χ1n) is 11.9. The minimum Gasteiger partial charge on any atom is -0.481 e. The zero-order valence-corrected chi connectivity index (χ0v) is 21.3. The minimum absolute atomic E-state index is 0.000747. The summed E-state index contributed by atoms with van der Waals surface area (Å²) in [5.74, 6) is -0.796. The van der Waals surface area contributed by atoms with Crippen molar-refractivity contribution in [2.75, 3.05) is 11.9 Å². The fraction of sp³-hybridized carbons (Fsp3) is 0.440. The molecule has 2 amide bonds. The minimum atomic E-state index is -1.18. The average molecular weight is 535 g/mol. The van der Waals surface area contributed by atoms with E-state index in [9.17, 15) is 24.6 Å². The second kappa shape index (κ2) is 12.7. The number of aliphatic carboxylic acids is 1. The number of para-hydroxylation sites is 1. The highest BCUT2D eigenvalue weighted by Gasteiger charge is 2.35. The Balaban J connectivity index is 1.62. The second-order valence-corrected chi connectivity index (χ2v) is 9.72. The maximum absolute atomic E-state index is 13.2. The molecular weight excluding hydrogens is 504 g/mol. The third-order valence-electron chi connectivity index (χ3n) is 5.59. The molecule has 12 heteroatoms. The van der Waals surface area contributed by atoms with Gasteiger partial charge in [-0.25, -0.2) is 0 Å². The molecule has 0 spiro atoms. The highest BCUT2D eigenvalue weighted by atomic mass is 35.5. The van der Waals surface area contributed by atoms with Crippen LogP contribution in [-0.2, 0) is 20.9 Å². The van der Waals surface area contributed by atoms with Gasteiger partial charge in [-0.2, -0.15) is 5.10 Å². The van der Waals surface area contributed by atoms with Gasteiger partial charge >= 0.3 is 5.97 Å². The zero-order chi connectivity index (χ0) is 27.1. The van der Waals surface area contributed by atoms with Crippen molar-refractivity contribution in [3.63, 3.8) is 0 Å². The number of anilines is 1. The molecule has 4 N–H and O–H groups in total. The average Bonchev–Trinajstić information content (AvgIpc) is 3.38. The molecular formula is C25H31ClN4O7. The summed E-state index contributed by atoms with van der Waals surface area (Å²) in [6.45, 7) is 4.00. The number of nitrogens with zero attached hydrogens (tertiary/aromatic N) is 3. The topological polar surface area (TPSA) is 154 Å². The van der Waals surface area contributed by atoms with Crippen molar-refractivity contribution in [2.45, 2.75) is 57.9 Å². The predicted octanol–water partition coefficient (Wildman–Crippen LogP) is 2.28. The Kier molecular flexibility index (Phi) is 9.67. The van der Waals surface area contributed by atoms with Gasteiger partial charge in [-0.05, 0) is 24.5 Å². The Bertz CT molecular complexity index is 1150. The van der Waals surface area contributed by atoms with E-state index >= 15 is 0 Å². The molecule has 1 aromatic heterocycles. The van der Waals surface area contributed by atoms with Gasteiger partial charge in [0.1, 0.15) is 17.6 Å². The number of halogens is 1. The smallest absolute Gasteiger partial charge is 0.305 e. The van der Waals surface area contributed by atoms with E-state index in [1.165, 1.54) is 21.9 Å². The van der Waals surface area contributed by atoms with Gasteiger partial charge in [-0.15, -0.1) is 0 Å². The van der Waals surface area contributed by atoms with Crippen LogP contribution in [0, 0.1) is 5.92 Å². The molecule has 37 heavy (non-hydrogen) atoms. The first-order valence-corrected chi connectivity index (χ1v) is 12.3. The summed E-state index contributed by atoms with van der Waals surface area (Å²) in [6.07, 6.45) is 0.480. The summed E-state index contributed by atoms with van der Waals surface area (Å²) in [4.78, 5) is 38.1. The lowest BCUT2D eigenvalue weighted by Crippen LogP contribution is -2.46. The van der Waals surface area contributed by atoms with Crippen LogP contribution >= 0.6 is 11.6 Å². The van der Waals surface area contributed by atoms with Crippen molar-refractivity contribution < 1.29 is 34.4 Å². The molecule has 3 rings (SSSR count). The van der Waals surface area contributed by atoms with Crippen LogP contribution in [0.5, 0.6) is 5.75 Å². The Morgan fingerprint density at radius 2 is 1.89 bits per heavy atom. The molecule has 0 aliphatic carbocycles. The highest BCUT2D eigenvalue weighted by molar-refractivity contribution is 6.32. The number of aromatic nitrogens is 2. The van der Waals surface area contributed by atoms with E-state index in [4.69, 9.17) is 21.4 Å². The summed E-state index contributed by atoms with van der Waals surface area (Å²) in [5, 5.41) is 35.9. The van der Waals surface area contributed by atoms with Gasteiger partial charge in [0.15, 0.2) is 5.82 Å². The number of carboxylic acids is 1.